The largest absolute Gasteiger partial charge is 0.496 e. The van der Waals surface area contributed by atoms with Crippen molar-refractivity contribution in [3.63, 3.8) is 0 Å². The molecule has 0 bridgehead atoms. The monoisotopic (exact) mass is 296 g/mol. The van der Waals surface area contributed by atoms with Crippen LogP contribution < -0.4 is 9.47 Å². The van der Waals surface area contributed by atoms with Crippen molar-refractivity contribution in [2.45, 2.75) is 0 Å². The van der Waals surface area contributed by atoms with Crippen LogP contribution in [-0.2, 0) is 0 Å². The molecular weight excluding hydrogens is 284 g/mol. The number of rotatable bonds is 3. The summed E-state index contributed by atoms with van der Waals surface area (Å²) in [7, 11) is 2.81. The van der Waals surface area contributed by atoms with Crippen molar-refractivity contribution in [2.75, 3.05) is 14.2 Å². The molecule has 3 rings (SSSR count). The van der Waals surface area contributed by atoms with Crippen molar-refractivity contribution >= 4 is 17.9 Å². The van der Waals surface area contributed by atoms with Gasteiger partial charge in [0.2, 0.25) is 0 Å². The third kappa shape index (κ3) is 1.75. The molecule has 0 aromatic heterocycles. The van der Waals surface area contributed by atoms with Gasteiger partial charge in [0, 0.05) is 11.1 Å². The van der Waals surface area contributed by atoms with E-state index in [-0.39, 0.29) is 45.1 Å². The SMILES string of the molecule is COc1cccc2c1C(=O)c1ccc(C=O)c(OC)c1C2=O. The molecule has 0 atom stereocenters. The number of ketones is 2. The van der Waals surface area contributed by atoms with E-state index in [9.17, 15) is 14.4 Å². The lowest BCUT2D eigenvalue weighted by molar-refractivity contribution is 0.0973. The summed E-state index contributed by atoms with van der Waals surface area (Å²) >= 11 is 0. The molecule has 0 heterocycles. The van der Waals surface area contributed by atoms with E-state index < -0.39 is 0 Å². The summed E-state index contributed by atoms with van der Waals surface area (Å²) < 4.78 is 10.4. The number of carbonyl (C=O) groups excluding carboxylic acids is 3. The maximum Gasteiger partial charge on any atom is 0.198 e. The molecule has 0 radical (unpaired) electrons. The molecule has 0 saturated heterocycles. The second kappa shape index (κ2) is 5.11. The van der Waals surface area contributed by atoms with Crippen molar-refractivity contribution in [1.82, 2.24) is 0 Å². The smallest absolute Gasteiger partial charge is 0.198 e. The molecule has 110 valence electrons. The average molecular weight is 296 g/mol. The second-order valence-electron chi connectivity index (χ2n) is 4.77. The van der Waals surface area contributed by atoms with Crippen LogP contribution in [0.4, 0.5) is 0 Å². The van der Waals surface area contributed by atoms with E-state index >= 15 is 0 Å². The number of hydrogen-bond acceptors (Lipinski definition) is 5. The zero-order chi connectivity index (χ0) is 15.9. The lowest BCUT2D eigenvalue weighted by atomic mass is 9.82. The lowest BCUT2D eigenvalue weighted by Gasteiger charge is -2.21. The first kappa shape index (κ1) is 14.0. The molecule has 5 heteroatoms. The van der Waals surface area contributed by atoms with Gasteiger partial charge in [0.25, 0.3) is 0 Å². The Morgan fingerprint density at radius 2 is 1.55 bits per heavy atom. The van der Waals surface area contributed by atoms with Crippen LogP contribution in [0.5, 0.6) is 11.5 Å². The summed E-state index contributed by atoms with van der Waals surface area (Å²) in [6, 6.07) is 7.78. The van der Waals surface area contributed by atoms with Gasteiger partial charge >= 0.3 is 0 Å². The Kier molecular flexibility index (Phi) is 3.25. The molecule has 5 nitrogen and oxygen atoms in total. The van der Waals surface area contributed by atoms with E-state index in [4.69, 9.17) is 9.47 Å². The normalized spacial score (nSPS) is 12.5. The summed E-state index contributed by atoms with van der Waals surface area (Å²) in [6.07, 6.45) is 0.595. The topological polar surface area (TPSA) is 69.7 Å². The molecule has 0 spiro atoms. The summed E-state index contributed by atoms with van der Waals surface area (Å²) in [4.78, 5) is 36.6. The van der Waals surface area contributed by atoms with Crippen LogP contribution in [0, 0.1) is 0 Å². The Hall–Kier alpha value is -2.95. The van der Waals surface area contributed by atoms with Gasteiger partial charge in [-0.3, -0.25) is 14.4 Å². The highest BCUT2D eigenvalue weighted by Crippen LogP contribution is 2.38. The highest BCUT2D eigenvalue weighted by Gasteiger charge is 2.35. The average Bonchev–Trinajstić information content (AvgIpc) is 2.57. The van der Waals surface area contributed by atoms with E-state index in [1.807, 2.05) is 0 Å². The maximum absolute atomic E-state index is 12.8. The standard InChI is InChI=1S/C17H12O5/c1-21-12-5-3-4-10-13(12)15(19)11-7-6-9(8-18)17(22-2)14(11)16(10)20/h3-8H,1-2H3. The Bertz CT molecular complexity index is 820. The minimum atomic E-state index is -0.357. The number of aldehydes is 1. The van der Waals surface area contributed by atoms with Crippen LogP contribution in [0.25, 0.3) is 0 Å². The van der Waals surface area contributed by atoms with E-state index in [2.05, 4.69) is 0 Å². The Morgan fingerprint density at radius 3 is 2.18 bits per heavy atom. The molecule has 22 heavy (non-hydrogen) atoms. The van der Waals surface area contributed by atoms with Crippen molar-refractivity contribution in [2.24, 2.45) is 0 Å². The predicted octanol–water partition coefficient (Wildman–Crippen LogP) is 2.29. The van der Waals surface area contributed by atoms with Gasteiger partial charge in [-0.05, 0) is 18.2 Å². The first-order valence-corrected chi connectivity index (χ1v) is 6.56. The van der Waals surface area contributed by atoms with Crippen molar-refractivity contribution in [1.29, 1.82) is 0 Å². The second-order valence-corrected chi connectivity index (χ2v) is 4.77. The number of fused-ring (bicyclic) bond motifs is 2. The van der Waals surface area contributed by atoms with Gasteiger partial charge in [-0.15, -0.1) is 0 Å². The molecule has 0 unspecified atom stereocenters. The van der Waals surface area contributed by atoms with Gasteiger partial charge in [-0.25, -0.2) is 0 Å². The summed E-state index contributed by atoms with van der Waals surface area (Å²) in [6.45, 7) is 0. The van der Waals surface area contributed by atoms with E-state index in [1.54, 1.807) is 18.2 Å². The van der Waals surface area contributed by atoms with Gasteiger partial charge in [0.05, 0.1) is 30.9 Å². The highest BCUT2D eigenvalue weighted by molar-refractivity contribution is 6.30. The van der Waals surface area contributed by atoms with E-state index in [0.29, 0.717) is 12.0 Å². The van der Waals surface area contributed by atoms with Gasteiger partial charge in [0.15, 0.2) is 17.9 Å². The van der Waals surface area contributed by atoms with Crippen LogP contribution in [0.15, 0.2) is 30.3 Å². The number of carbonyl (C=O) groups is 3. The van der Waals surface area contributed by atoms with Gasteiger partial charge in [-0.1, -0.05) is 12.1 Å². The van der Waals surface area contributed by atoms with Gasteiger partial charge < -0.3 is 9.47 Å². The van der Waals surface area contributed by atoms with Crippen LogP contribution in [0.3, 0.4) is 0 Å². The van der Waals surface area contributed by atoms with E-state index in [0.717, 1.165) is 0 Å². The number of benzene rings is 2. The highest BCUT2D eigenvalue weighted by atomic mass is 16.5. The fourth-order valence-corrected chi connectivity index (χ4v) is 2.72. The van der Waals surface area contributed by atoms with Gasteiger partial charge in [0.1, 0.15) is 11.5 Å². The Labute approximate surface area is 126 Å². The zero-order valence-corrected chi connectivity index (χ0v) is 12.0. The van der Waals surface area contributed by atoms with Crippen LogP contribution in [0.2, 0.25) is 0 Å². The van der Waals surface area contributed by atoms with Gasteiger partial charge in [-0.2, -0.15) is 0 Å². The number of hydrogen-bond donors (Lipinski definition) is 0. The molecule has 1 aliphatic carbocycles. The Morgan fingerprint density at radius 1 is 0.864 bits per heavy atom. The quantitative estimate of drug-likeness (QED) is 0.694. The minimum Gasteiger partial charge on any atom is -0.496 e. The van der Waals surface area contributed by atoms with Crippen LogP contribution >= 0.6 is 0 Å². The predicted molar refractivity (Wildman–Crippen MR) is 78.2 cm³/mol. The van der Waals surface area contributed by atoms with Crippen LogP contribution in [0.1, 0.15) is 42.2 Å². The molecule has 2 aromatic rings. The fraction of sp³-hybridized carbons (Fsp3) is 0.118. The Balaban J connectivity index is 2.36. The number of methoxy groups -OCH3 is 2. The maximum atomic E-state index is 12.8. The molecule has 0 fully saturated rings. The third-order valence-corrected chi connectivity index (χ3v) is 3.71. The fourth-order valence-electron chi connectivity index (χ4n) is 2.72. The number of ether oxygens (including phenoxy) is 2. The van der Waals surface area contributed by atoms with Crippen molar-refractivity contribution in [3.8, 4) is 11.5 Å². The van der Waals surface area contributed by atoms with Crippen molar-refractivity contribution < 1.29 is 23.9 Å². The molecule has 2 aromatic carbocycles. The molecule has 0 saturated carbocycles. The van der Waals surface area contributed by atoms with Crippen molar-refractivity contribution in [3.05, 3.63) is 58.1 Å². The summed E-state index contributed by atoms with van der Waals surface area (Å²) in [5.74, 6) is -0.207. The first-order valence-electron chi connectivity index (χ1n) is 6.56. The molecule has 0 aliphatic heterocycles. The summed E-state index contributed by atoms with van der Waals surface area (Å²) in [5, 5.41) is 0. The molecular formula is C17H12O5. The zero-order valence-electron chi connectivity index (χ0n) is 12.0. The molecule has 1 aliphatic rings. The van der Waals surface area contributed by atoms with E-state index in [1.165, 1.54) is 26.4 Å². The van der Waals surface area contributed by atoms with Crippen LogP contribution in [-0.4, -0.2) is 32.1 Å². The molecule has 0 N–H and O–H groups in total. The molecule has 0 amide bonds. The summed E-state index contributed by atoms with van der Waals surface area (Å²) in [5.41, 5.74) is 1.05. The minimum absolute atomic E-state index is 0.123. The first-order chi connectivity index (χ1) is 10.6. The third-order valence-electron chi connectivity index (χ3n) is 3.71. The lowest BCUT2D eigenvalue weighted by Crippen LogP contribution is -2.23.